The highest BCUT2D eigenvalue weighted by atomic mass is 16.5. The van der Waals surface area contributed by atoms with Crippen LogP contribution in [0.15, 0.2) is 53.6 Å². The van der Waals surface area contributed by atoms with Crippen LogP contribution < -0.4 is 15.6 Å². The number of carbonyl (C=O) groups excluding carboxylic acids is 1. The zero-order chi connectivity index (χ0) is 25.2. The van der Waals surface area contributed by atoms with Crippen molar-refractivity contribution in [2.24, 2.45) is 0 Å². The number of methoxy groups -OCH3 is 1. The second kappa shape index (κ2) is 9.80. The Labute approximate surface area is 208 Å². The molecule has 0 radical (unpaired) electrons. The summed E-state index contributed by atoms with van der Waals surface area (Å²) in [5.41, 5.74) is 2.05. The average Bonchev–Trinajstić information content (AvgIpc) is 3.36. The van der Waals surface area contributed by atoms with Crippen LogP contribution in [0.5, 0.6) is 5.75 Å². The Morgan fingerprint density at radius 2 is 2.08 bits per heavy atom. The fourth-order valence-electron chi connectivity index (χ4n) is 4.76. The molecular formula is C26H29N7O3. The lowest BCUT2D eigenvalue weighted by atomic mass is 10.0. The van der Waals surface area contributed by atoms with Crippen LogP contribution in [0, 0.1) is 6.92 Å². The van der Waals surface area contributed by atoms with Gasteiger partial charge >= 0.3 is 0 Å². The Bertz CT molecular complexity index is 1480. The van der Waals surface area contributed by atoms with Crippen LogP contribution in [0.3, 0.4) is 0 Å². The SMILES string of the molecule is CCC(=O)N1CCC[C@@H](n2c(=O)cc(C)c3cnc(Nc4ccn(-c5ccccc5OC)n4)nc32)C1. The predicted molar refractivity (Wildman–Crippen MR) is 137 cm³/mol. The first-order valence-electron chi connectivity index (χ1n) is 12.1. The third kappa shape index (κ3) is 4.41. The first kappa shape index (κ1) is 23.5. The van der Waals surface area contributed by atoms with Gasteiger partial charge in [0.2, 0.25) is 11.9 Å². The maximum Gasteiger partial charge on any atom is 0.252 e. The molecule has 1 amide bonds. The summed E-state index contributed by atoms with van der Waals surface area (Å²) < 4.78 is 8.87. The molecule has 4 heterocycles. The van der Waals surface area contributed by atoms with Crippen molar-refractivity contribution in [1.29, 1.82) is 0 Å². The highest BCUT2D eigenvalue weighted by molar-refractivity contribution is 5.79. The zero-order valence-electron chi connectivity index (χ0n) is 20.6. The first-order valence-corrected chi connectivity index (χ1v) is 12.1. The summed E-state index contributed by atoms with van der Waals surface area (Å²) in [4.78, 5) is 36.5. The Kier molecular flexibility index (Phi) is 6.41. The van der Waals surface area contributed by atoms with Gasteiger partial charge in [0.25, 0.3) is 5.56 Å². The maximum absolute atomic E-state index is 13.1. The lowest BCUT2D eigenvalue weighted by Crippen LogP contribution is -2.42. The minimum absolute atomic E-state index is 0.104. The molecule has 186 valence electrons. The number of aromatic nitrogens is 5. The van der Waals surface area contributed by atoms with E-state index in [0.29, 0.717) is 36.1 Å². The number of fused-ring (bicyclic) bond motifs is 1. The van der Waals surface area contributed by atoms with Gasteiger partial charge < -0.3 is 15.0 Å². The molecule has 1 aliphatic heterocycles. The second-order valence-corrected chi connectivity index (χ2v) is 8.90. The van der Waals surface area contributed by atoms with Gasteiger partial charge in [0, 0.05) is 49.4 Å². The van der Waals surface area contributed by atoms with Crippen LogP contribution in [0.2, 0.25) is 0 Å². The van der Waals surface area contributed by atoms with Crippen molar-refractivity contribution in [3.05, 3.63) is 64.7 Å². The lowest BCUT2D eigenvalue weighted by molar-refractivity contribution is -0.132. The smallest absolute Gasteiger partial charge is 0.252 e. The Hall–Kier alpha value is -4.21. The molecule has 36 heavy (non-hydrogen) atoms. The van der Waals surface area contributed by atoms with Crippen molar-refractivity contribution < 1.29 is 9.53 Å². The first-order chi connectivity index (χ1) is 17.5. The molecule has 3 aromatic heterocycles. The second-order valence-electron chi connectivity index (χ2n) is 8.90. The standard InChI is InChI=1S/C26H29N7O3/c1-4-23(34)31-12-7-8-18(16-31)33-24(35)14-17(2)19-15-27-26(29-25(19)33)28-22-11-13-32(30-22)20-9-5-6-10-21(20)36-3/h5-6,9-11,13-15,18H,4,7-8,12,16H2,1-3H3,(H,27,28,29,30)/t18-/m1/s1. The van der Waals surface area contributed by atoms with E-state index in [9.17, 15) is 9.59 Å². The van der Waals surface area contributed by atoms with E-state index in [1.165, 1.54) is 0 Å². The number of ether oxygens (including phenoxy) is 1. The van der Waals surface area contributed by atoms with Gasteiger partial charge in [0.1, 0.15) is 17.1 Å². The Morgan fingerprint density at radius 3 is 2.89 bits per heavy atom. The fourth-order valence-corrected chi connectivity index (χ4v) is 4.76. The third-order valence-corrected chi connectivity index (χ3v) is 6.58. The molecular weight excluding hydrogens is 458 g/mol. The monoisotopic (exact) mass is 487 g/mol. The molecule has 5 rings (SSSR count). The fraction of sp³-hybridized carbons (Fsp3) is 0.346. The van der Waals surface area contributed by atoms with Crippen molar-refractivity contribution in [3.63, 3.8) is 0 Å². The van der Waals surface area contributed by atoms with E-state index in [1.807, 2.05) is 55.3 Å². The van der Waals surface area contributed by atoms with E-state index in [1.54, 1.807) is 28.6 Å². The number of anilines is 2. The van der Waals surface area contributed by atoms with Crippen LogP contribution in [0.25, 0.3) is 16.7 Å². The van der Waals surface area contributed by atoms with Gasteiger partial charge in [0.15, 0.2) is 5.82 Å². The van der Waals surface area contributed by atoms with Crippen LogP contribution in [0.4, 0.5) is 11.8 Å². The molecule has 1 fully saturated rings. The number of benzene rings is 1. The van der Waals surface area contributed by atoms with E-state index in [4.69, 9.17) is 9.72 Å². The molecule has 0 saturated carbocycles. The molecule has 1 aromatic carbocycles. The van der Waals surface area contributed by atoms with Crippen LogP contribution in [0.1, 0.15) is 37.8 Å². The number of hydrogen-bond acceptors (Lipinski definition) is 7. The summed E-state index contributed by atoms with van der Waals surface area (Å²) in [6.07, 6.45) is 5.65. The molecule has 1 N–H and O–H groups in total. The van der Waals surface area contributed by atoms with Crippen molar-refractivity contribution in [3.8, 4) is 11.4 Å². The van der Waals surface area contributed by atoms with Gasteiger partial charge in [-0.15, -0.1) is 5.10 Å². The maximum atomic E-state index is 13.1. The van der Waals surface area contributed by atoms with Gasteiger partial charge in [-0.1, -0.05) is 19.1 Å². The largest absolute Gasteiger partial charge is 0.494 e. The van der Waals surface area contributed by atoms with E-state index in [0.717, 1.165) is 36.0 Å². The summed E-state index contributed by atoms with van der Waals surface area (Å²) in [6.45, 7) is 4.96. The quantitative estimate of drug-likeness (QED) is 0.443. The Morgan fingerprint density at radius 1 is 1.25 bits per heavy atom. The number of rotatable bonds is 6. The van der Waals surface area contributed by atoms with Gasteiger partial charge in [-0.2, -0.15) is 4.98 Å². The molecule has 0 bridgehead atoms. The van der Waals surface area contributed by atoms with Crippen LogP contribution in [-0.2, 0) is 4.79 Å². The minimum atomic E-state index is -0.141. The summed E-state index contributed by atoms with van der Waals surface area (Å²) in [5, 5.41) is 8.54. The molecule has 1 atom stereocenters. The van der Waals surface area contributed by atoms with Gasteiger partial charge in [-0.25, -0.2) is 9.67 Å². The number of amides is 1. The zero-order valence-corrected chi connectivity index (χ0v) is 20.6. The van der Waals surface area contributed by atoms with E-state index >= 15 is 0 Å². The number of para-hydroxylation sites is 2. The highest BCUT2D eigenvalue weighted by Crippen LogP contribution is 2.26. The molecule has 0 aliphatic carbocycles. The minimum Gasteiger partial charge on any atom is -0.494 e. The van der Waals surface area contributed by atoms with Gasteiger partial charge in [-0.05, 0) is 37.5 Å². The van der Waals surface area contributed by atoms with Crippen LogP contribution in [-0.4, -0.2) is 55.3 Å². The number of carbonyl (C=O) groups is 1. The molecule has 10 heteroatoms. The van der Waals surface area contributed by atoms with Crippen molar-refractivity contribution in [2.45, 2.75) is 39.2 Å². The number of hydrogen-bond donors (Lipinski definition) is 1. The van der Waals surface area contributed by atoms with Gasteiger partial charge in [0.05, 0.1) is 13.2 Å². The number of nitrogens with zero attached hydrogens (tertiary/aromatic N) is 6. The van der Waals surface area contributed by atoms with E-state index < -0.39 is 0 Å². The molecule has 0 unspecified atom stereocenters. The average molecular weight is 488 g/mol. The summed E-state index contributed by atoms with van der Waals surface area (Å²) in [7, 11) is 1.62. The number of nitrogens with one attached hydrogen (secondary N) is 1. The summed E-state index contributed by atoms with van der Waals surface area (Å²) in [5.74, 6) is 1.70. The lowest BCUT2D eigenvalue weighted by Gasteiger charge is -2.34. The van der Waals surface area contributed by atoms with E-state index in [2.05, 4.69) is 15.4 Å². The molecule has 1 saturated heterocycles. The molecule has 1 aliphatic rings. The normalized spacial score (nSPS) is 15.8. The number of aryl methyl sites for hydroxylation is 1. The number of pyridine rings is 1. The predicted octanol–water partition coefficient (Wildman–Crippen LogP) is 3.61. The molecule has 0 spiro atoms. The van der Waals surface area contributed by atoms with E-state index in [-0.39, 0.29) is 17.5 Å². The third-order valence-electron chi connectivity index (χ3n) is 6.58. The van der Waals surface area contributed by atoms with Crippen LogP contribution >= 0.6 is 0 Å². The summed E-state index contributed by atoms with van der Waals surface area (Å²) >= 11 is 0. The van der Waals surface area contributed by atoms with Crippen molar-refractivity contribution >= 4 is 28.7 Å². The number of piperidine rings is 1. The topological polar surface area (TPSA) is 107 Å². The Balaban J connectivity index is 1.49. The number of likely N-dealkylation sites (tertiary alicyclic amines) is 1. The summed E-state index contributed by atoms with van der Waals surface area (Å²) in [6, 6.07) is 10.9. The highest BCUT2D eigenvalue weighted by Gasteiger charge is 2.26. The van der Waals surface area contributed by atoms with Crippen molar-refractivity contribution in [2.75, 3.05) is 25.5 Å². The molecule has 10 nitrogen and oxygen atoms in total. The molecule has 4 aromatic rings. The van der Waals surface area contributed by atoms with Gasteiger partial charge in [-0.3, -0.25) is 14.2 Å². The van der Waals surface area contributed by atoms with Crippen molar-refractivity contribution in [1.82, 2.24) is 29.2 Å².